The van der Waals surface area contributed by atoms with E-state index in [1.54, 1.807) is 0 Å². The van der Waals surface area contributed by atoms with Gasteiger partial charge in [0.1, 0.15) is 11.3 Å². The molecule has 124 valence electrons. The van der Waals surface area contributed by atoms with Gasteiger partial charge in [0.15, 0.2) is 6.61 Å². The van der Waals surface area contributed by atoms with Gasteiger partial charge < -0.3 is 15.2 Å². The molecule has 0 saturated carbocycles. The molecule has 0 saturated heterocycles. The Bertz CT molecular complexity index is 808. The van der Waals surface area contributed by atoms with Crippen LogP contribution in [0.15, 0.2) is 42.5 Å². The zero-order valence-corrected chi connectivity index (χ0v) is 12.1. The highest BCUT2D eigenvalue weighted by Crippen LogP contribution is 2.21. The van der Waals surface area contributed by atoms with Gasteiger partial charge in [0.2, 0.25) is 5.82 Å². The molecule has 0 aliphatic rings. The van der Waals surface area contributed by atoms with Crippen molar-refractivity contribution in [2.24, 2.45) is 0 Å². The Hall–Kier alpha value is -3.49. The summed E-state index contributed by atoms with van der Waals surface area (Å²) in [7, 11) is 0. The number of nitrogens with one attached hydrogen (secondary N) is 1. The van der Waals surface area contributed by atoms with E-state index in [9.17, 15) is 29.2 Å². The maximum atomic E-state index is 13.2. The van der Waals surface area contributed by atoms with E-state index in [0.29, 0.717) is 0 Å². The van der Waals surface area contributed by atoms with Gasteiger partial charge in [-0.15, -0.1) is 0 Å². The van der Waals surface area contributed by atoms with Crippen molar-refractivity contribution in [3.8, 4) is 5.75 Å². The Balaban J connectivity index is 1.97. The second-order valence-corrected chi connectivity index (χ2v) is 4.56. The summed E-state index contributed by atoms with van der Waals surface area (Å²) < 4.78 is 17.9. The predicted molar refractivity (Wildman–Crippen MR) is 80.1 cm³/mol. The lowest BCUT2D eigenvalue weighted by molar-refractivity contribution is -0.387. The molecule has 8 nitrogen and oxygen atoms in total. The second kappa shape index (κ2) is 7.18. The summed E-state index contributed by atoms with van der Waals surface area (Å²) >= 11 is 0. The lowest BCUT2D eigenvalue weighted by atomic mass is 10.2. The molecule has 0 bridgehead atoms. The Kier molecular flexibility index (Phi) is 5.05. The van der Waals surface area contributed by atoms with E-state index in [0.717, 1.165) is 18.2 Å². The molecular formula is C15H11FN2O6. The number of para-hydroxylation sites is 1. The summed E-state index contributed by atoms with van der Waals surface area (Å²) in [6, 6.07) is 8.44. The molecule has 9 heteroatoms. The highest BCUT2D eigenvalue weighted by molar-refractivity contribution is 5.96. The zero-order chi connectivity index (χ0) is 17.7. The van der Waals surface area contributed by atoms with Gasteiger partial charge in [-0.3, -0.25) is 14.9 Å². The quantitative estimate of drug-likeness (QED) is 0.492. The number of benzene rings is 2. The van der Waals surface area contributed by atoms with Crippen molar-refractivity contribution in [2.45, 2.75) is 0 Å². The van der Waals surface area contributed by atoms with E-state index < -0.39 is 34.9 Å². The minimum absolute atomic E-state index is 0.0216. The number of anilines is 1. The fourth-order valence-electron chi connectivity index (χ4n) is 1.78. The Morgan fingerprint density at radius 2 is 1.96 bits per heavy atom. The number of carbonyl (C=O) groups excluding carboxylic acids is 2. The third-order valence-corrected chi connectivity index (χ3v) is 2.88. The lowest BCUT2D eigenvalue weighted by Crippen LogP contribution is -2.21. The summed E-state index contributed by atoms with van der Waals surface area (Å²) in [6.45, 7) is -0.682. The van der Waals surface area contributed by atoms with Gasteiger partial charge in [-0.05, 0) is 24.3 Å². The number of amides is 1. The number of nitro benzene ring substituents is 1. The van der Waals surface area contributed by atoms with E-state index in [-0.39, 0.29) is 17.0 Å². The van der Waals surface area contributed by atoms with Gasteiger partial charge in [-0.25, -0.2) is 4.79 Å². The van der Waals surface area contributed by atoms with Crippen molar-refractivity contribution in [3.63, 3.8) is 0 Å². The van der Waals surface area contributed by atoms with Crippen LogP contribution < -0.4 is 5.32 Å². The number of esters is 1. The molecule has 1 amide bonds. The average molecular weight is 334 g/mol. The van der Waals surface area contributed by atoms with Crippen LogP contribution >= 0.6 is 0 Å². The SMILES string of the molecule is O=C(COC(=O)c1ccccc1O)Nc1ccc(F)c([N+](=O)[O-])c1. The summed E-state index contributed by atoms with van der Waals surface area (Å²) in [5.41, 5.74) is -0.923. The third-order valence-electron chi connectivity index (χ3n) is 2.88. The number of phenolic OH excluding ortho intramolecular Hbond substituents is 1. The number of aromatic hydroxyl groups is 1. The fraction of sp³-hybridized carbons (Fsp3) is 0.0667. The molecule has 2 aromatic carbocycles. The van der Waals surface area contributed by atoms with Gasteiger partial charge in [-0.1, -0.05) is 12.1 Å². The van der Waals surface area contributed by atoms with Crippen molar-refractivity contribution in [3.05, 3.63) is 64.0 Å². The Labute approximate surface area is 134 Å². The molecule has 0 spiro atoms. The van der Waals surface area contributed by atoms with Gasteiger partial charge >= 0.3 is 11.7 Å². The normalized spacial score (nSPS) is 10.0. The average Bonchev–Trinajstić information content (AvgIpc) is 2.54. The van der Waals surface area contributed by atoms with Crippen LogP contribution in [0.4, 0.5) is 15.8 Å². The molecule has 0 atom stereocenters. The number of nitrogens with zero attached hydrogens (tertiary/aromatic N) is 1. The number of ether oxygens (including phenoxy) is 1. The molecule has 24 heavy (non-hydrogen) atoms. The number of hydrogen-bond acceptors (Lipinski definition) is 6. The van der Waals surface area contributed by atoms with E-state index in [2.05, 4.69) is 5.32 Å². The number of rotatable bonds is 5. The molecule has 0 aromatic heterocycles. The second-order valence-electron chi connectivity index (χ2n) is 4.56. The number of halogens is 1. The third kappa shape index (κ3) is 4.03. The van der Waals surface area contributed by atoms with E-state index >= 15 is 0 Å². The van der Waals surface area contributed by atoms with Gasteiger partial charge in [0.25, 0.3) is 5.91 Å². The molecule has 0 unspecified atom stereocenters. The topological polar surface area (TPSA) is 119 Å². The standard InChI is InChI=1S/C15H11FN2O6/c16-11-6-5-9(7-12(11)18(22)23)17-14(20)8-24-15(21)10-3-1-2-4-13(10)19/h1-7,19H,8H2,(H,17,20). The summed E-state index contributed by atoms with van der Waals surface area (Å²) in [4.78, 5) is 33.1. The smallest absolute Gasteiger partial charge is 0.342 e. The highest BCUT2D eigenvalue weighted by Gasteiger charge is 2.17. The molecule has 2 rings (SSSR count). The first-order chi connectivity index (χ1) is 11.4. The lowest BCUT2D eigenvalue weighted by Gasteiger charge is -2.07. The van der Waals surface area contributed by atoms with Gasteiger partial charge in [-0.2, -0.15) is 4.39 Å². The van der Waals surface area contributed by atoms with Gasteiger partial charge in [0, 0.05) is 11.8 Å². The Morgan fingerprint density at radius 1 is 1.25 bits per heavy atom. The molecule has 2 N–H and O–H groups in total. The summed E-state index contributed by atoms with van der Waals surface area (Å²) in [6.07, 6.45) is 0. The first kappa shape index (κ1) is 16.9. The largest absolute Gasteiger partial charge is 0.507 e. The number of nitro groups is 1. The first-order valence-corrected chi connectivity index (χ1v) is 6.57. The number of carbonyl (C=O) groups is 2. The van der Waals surface area contributed by atoms with E-state index in [1.165, 1.54) is 24.3 Å². The molecule has 0 aliphatic heterocycles. The molecule has 0 heterocycles. The molecule has 0 aliphatic carbocycles. The zero-order valence-electron chi connectivity index (χ0n) is 12.1. The van der Waals surface area contributed by atoms with E-state index in [4.69, 9.17) is 4.74 Å². The van der Waals surface area contributed by atoms with Crippen molar-refractivity contribution >= 4 is 23.3 Å². The van der Waals surface area contributed by atoms with Crippen LogP contribution in [0.3, 0.4) is 0 Å². The minimum Gasteiger partial charge on any atom is -0.507 e. The monoisotopic (exact) mass is 334 g/mol. The maximum Gasteiger partial charge on any atom is 0.342 e. The van der Waals surface area contributed by atoms with Gasteiger partial charge in [0.05, 0.1) is 4.92 Å². The summed E-state index contributed by atoms with van der Waals surface area (Å²) in [5, 5.41) is 22.3. The number of phenols is 1. The first-order valence-electron chi connectivity index (χ1n) is 6.57. The van der Waals surface area contributed by atoms with Crippen molar-refractivity contribution in [2.75, 3.05) is 11.9 Å². The van der Waals surface area contributed by atoms with Crippen molar-refractivity contribution in [1.29, 1.82) is 0 Å². The molecule has 0 radical (unpaired) electrons. The predicted octanol–water partition coefficient (Wildman–Crippen LogP) is 2.24. The number of hydrogen-bond donors (Lipinski definition) is 2. The Morgan fingerprint density at radius 3 is 2.62 bits per heavy atom. The van der Waals surface area contributed by atoms with Crippen LogP contribution in [-0.2, 0) is 9.53 Å². The van der Waals surface area contributed by atoms with Crippen LogP contribution in [0.5, 0.6) is 5.75 Å². The minimum atomic E-state index is -1.04. The molecule has 2 aromatic rings. The van der Waals surface area contributed by atoms with Crippen molar-refractivity contribution < 1.29 is 28.7 Å². The van der Waals surface area contributed by atoms with Crippen LogP contribution in [0.1, 0.15) is 10.4 Å². The van der Waals surface area contributed by atoms with E-state index in [1.807, 2.05) is 0 Å². The van der Waals surface area contributed by atoms with Crippen LogP contribution in [-0.4, -0.2) is 28.5 Å². The van der Waals surface area contributed by atoms with Crippen LogP contribution in [0.25, 0.3) is 0 Å². The maximum absolute atomic E-state index is 13.2. The van der Waals surface area contributed by atoms with Crippen LogP contribution in [0, 0.1) is 15.9 Å². The molecule has 0 fully saturated rings. The molecular weight excluding hydrogens is 323 g/mol. The van der Waals surface area contributed by atoms with Crippen LogP contribution in [0.2, 0.25) is 0 Å². The fourth-order valence-corrected chi connectivity index (χ4v) is 1.78. The highest BCUT2D eigenvalue weighted by atomic mass is 19.1. The van der Waals surface area contributed by atoms with Crippen molar-refractivity contribution in [1.82, 2.24) is 0 Å². The summed E-state index contributed by atoms with van der Waals surface area (Å²) in [5.74, 6) is -3.02.